The van der Waals surface area contributed by atoms with Gasteiger partial charge in [-0.3, -0.25) is 4.68 Å². The van der Waals surface area contributed by atoms with Crippen molar-refractivity contribution in [1.82, 2.24) is 24.9 Å². The summed E-state index contributed by atoms with van der Waals surface area (Å²) in [5.74, 6) is 8.72. The molecule has 3 N–H and O–H groups in total. The van der Waals surface area contributed by atoms with Crippen molar-refractivity contribution in [3.63, 3.8) is 0 Å². The van der Waals surface area contributed by atoms with Gasteiger partial charge in [0.05, 0.1) is 17.3 Å². The minimum absolute atomic E-state index is 0.234. The molecule has 3 heterocycles. The van der Waals surface area contributed by atoms with E-state index in [0.29, 0.717) is 36.8 Å². The van der Waals surface area contributed by atoms with Gasteiger partial charge in [-0.2, -0.15) is 16.9 Å². The number of hydrogen-bond donors (Lipinski definition) is 2. The second-order valence-corrected chi connectivity index (χ2v) is 13.3. The third-order valence-electron chi connectivity index (χ3n) is 8.47. The normalized spacial score (nSPS) is 14.9. The second kappa shape index (κ2) is 15.2. The second-order valence-electron chi connectivity index (χ2n) is 11.7. The van der Waals surface area contributed by atoms with Gasteiger partial charge in [0.15, 0.2) is 0 Å². The zero-order valence-electron chi connectivity index (χ0n) is 25.8. The molecule has 7 nitrogen and oxygen atoms in total. The summed E-state index contributed by atoms with van der Waals surface area (Å²) >= 11 is 8.66. The van der Waals surface area contributed by atoms with E-state index in [4.69, 9.17) is 22.4 Å². The first-order valence-corrected chi connectivity index (χ1v) is 17.3. The summed E-state index contributed by atoms with van der Waals surface area (Å²) in [6, 6.07) is 20.0. The number of carbonyl (C=O) groups excluding carboxylic acids is 1. The number of carbonyl (C=O) groups is 1. The standard InChI is InChI=1S/C36H38ClFN6OS/c37-33-12-9-30(22-29(33)8-5-26-3-1-4-28(21-26)24-40-23-27-6-10-31(38)11-7-27)35-32-25-43(36(39)45)16-13-34(32)44(41-35)15-2-14-42-17-19-46-20-18-42/h1,3-4,6-7,9-12,21-22,40H,2,13-20,23-25H2,(H2,39,45). The number of fused-ring (bicyclic) bond motifs is 1. The average Bonchev–Trinajstić information content (AvgIpc) is 3.44. The van der Waals surface area contributed by atoms with Crippen LogP contribution in [0.3, 0.4) is 0 Å². The summed E-state index contributed by atoms with van der Waals surface area (Å²) in [6.07, 6.45) is 1.75. The fourth-order valence-corrected chi connectivity index (χ4v) is 7.13. The third kappa shape index (κ3) is 8.12. The number of hydrogen-bond acceptors (Lipinski definition) is 5. The van der Waals surface area contributed by atoms with Crippen LogP contribution in [0.25, 0.3) is 11.3 Å². The third-order valence-corrected chi connectivity index (χ3v) is 9.75. The lowest BCUT2D eigenvalue weighted by Crippen LogP contribution is -2.39. The molecule has 46 heavy (non-hydrogen) atoms. The molecule has 0 unspecified atom stereocenters. The number of urea groups is 1. The van der Waals surface area contributed by atoms with Gasteiger partial charge in [-0.05, 0) is 60.5 Å². The number of thioether (sulfide) groups is 1. The fraction of sp³-hybridized carbons (Fsp3) is 0.333. The number of primary amides is 1. The summed E-state index contributed by atoms with van der Waals surface area (Å²) in [5.41, 5.74) is 13.4. The molecule has 0 saturated carbocycles. The highest BCUT2D eigenvalue weighted by Gasteiger charge is 2.27. The first-order chi connectivity index (χ1) is 22.4. The Morgan fingerprint density at radius 3 is 2.59 bits per heavy atom. The van der Waals surface area contributed by atoms with Gasteiger partial charge in [0, 0.05) is 85.1 Å². The highest BCUT2D eigenvalue weighted by Crippen LogP contribution is 2.32. The number of nitrogens with one attached hydrogen (secondary N) is 1. The molecular formula is C36H38ClFN6OS. The number of rotatable bonds is 9. The lowest BCUT2D eigenvalue weighted by Gasteiger charge is -2.27. The minimum atomic E-state index is -0.414. The maximum absolute atomic E-state index is 13.2. The van der Waals surface area contributed by atoms with E-state index in [1.807, 2.05) is 42.1 Å². The van der Waals surface area contributed by atoms with Crippen LogP contribution in [0.1, 0.15) is 39.9 Å². The Kier molecular flexibility index (Phi) is 10.6. The van der Waals surface area contributed by atoms with E-state index >= 15 is 0 Å². The number of aromatic nitrogens is 2. The predicted octanol–water partition coefficient (Wildman–Crippen LogP) is 5.91. The van der Waals surface area contributed by atoms with Gasteiger partial charge in [-0.25, -0.2) is 9.18 Å². The van der Waals surface area contributed by atoms with Crippen molar-refractivity contribution in [3.05, 3.63) is 111 Å². The SMILES string of the molecule is NC(=O)N1CCc2c(c(-c3ccc(Cl)c(C#Cc4cccc(CNCc5ccc(F)cc5)c4)c3)nn2CCCN2CCSCC2)C1. The monoisotopic (exact) mass is 656 g/mol. The van der Waals surface area contributed by atoms with Crippen molar-refractivity contribution in [2.24, 2.45) is 5.73 Å². The zero-order valence-corrected chi connectivity index (χ0v) is 27.3. The Balaban J connectivity index is 1.19. The van der Waals surface area contributed by atoms with Gasteiger partial charge in [0.1, 0.15) is 5.82 Å². The van der Waals surface area contributed by atoms with Crippen molar-refractivity contribution >= 4 is 29.4 Å². The average molecular weight is 657 g/mol. The number of benzene rings is 3. The summed E-state index contributed by atoms with van der Waals surface area (Å²) < 4.78 is 15.3. The van der Waals surface area contributed by atoms with Crippen LogP contribution in [0, 0.1) is 17.7 Å². The molecule has 1 fully saturated rings. The number of nitrogens with two attached hydrogens (primary N) is 1. The molecule has 6 rings (SSSR count). The van der Waals surface area contributed by atoms with E-state index in [1.54, 1.807) is 17.0 Å². The van der Waals surface area contributed by atoms with Crippen molar-refractivity contribution in [3.8, 4) is 23.1 Å². The van der Waals surface area contributed by atoms with Crippen molar-refractivity contribution in [2.45, 2.75) is 39.0 Å². The number of halogens is 2. The van der Waals surface area contributed by atoms with Gasteiger partial charge >= 0.3 is 6.03 Å². The van der Waals surface area contributed by atoms with Gasteiger partial charge in [0.2, 0.25) is 0 Å². The Bertz CT molecular complexity index is 1740. The molecule has 238 valence electrons. The van der Waals surface area contributed by atoms with Crippen LogP contribution in [0.15, 0.2) is 66.7 Å². The quantitative estimate of drug-likeness (QED) is 0.219. The van der Waals surface area contributed by atoms with E-state index in [1.165, 1.54) is 29.3 Å². The predicted molar refractivity (Wildman–Crippen MR) is 184 cm³/mol. The molecular weight excluding hydrogens is 619 g/mol. The highest BCUT2D eigenvalue weighted by atomic mass is 35.5. The lowest BCUT2D eigenvalue weighted by molar-refractivity contribution is 0.201. The zero-order chi connectivity index (χ0) is 31.9. The minimum Gasteiger partial charge on any atom is -0.351 e. The maximum atomic E-state index is 13.2. The van der Waals surface area contributed by atoms with Crippen LogP contribution in [-0.2, 0) is 32.6 Å². The number of nitrogens with zero attached hydrogens (tertiary/aromatic N) is 4. The van der Waals surface area contributed by atoms with Crippen LogP contribution in [0.4, 0.5) is 9.18 Å². The van der Waals surface area contributed by atoms with Crippen LogP contribution >= 0.6 is 23.4 Å². The van der Waals surface area contributed by atoms with Gasteiger partial charge < -0.3 is 20.9 Å². The molecule has 2 aliphatic heterocycles. The molecule has 4 aromatic rings. The molecule has 0 spiro atoms. The summed E-state index contributed by atoms with van der Waals surface area (Å²) in [7, 11) is 0. The largest absolute Gasteiger partial charge is 0.351 e. The molecule has 3 aromatic carbocycles. The number of amides is 2. The van der Waals surface area contributed by atoms with E-state index in [-0.39, 0.29) is 5.82 Å². The molecule has 2 aliphatic rings. The van der Waals surface area contributed by atoms with Crippen LogP contribution in [0.2, 0.25) is 5.02 Å². The van der Waals surface area contributed by atoms with Gasteiger partial charge in [0.25, 0.3) is 0 Å². The van der Waals surface area contributed by atoms with Crippen molar-refractivity contribution in [2.75, 3.05) is 37.7 Å². The van der Waals surface area contributed by atoms with Crippen LogP contribution < -0.4 is 11.1 Å². The molecule has 10 heteroatoms. The van der Waals surface area contributed by atoms with Crippen LogP contribution in [0.5, 0.6) is 0 Å². The summed E-state index contributed by atoms with van der Waals surface area (Å²) in [4.78, 5) is 16.3. The van der Waals surface area contributed by atoms with Crippen molar-refractivity contribution < 1.29 is 9.18 Å². The van der Waals surface area contributed by atoms with E-state index in [0.717, 1.165) is 72.5 Å². The molecule has 2 amide bonds. The van der Waals surface area contributed by atoms with E-state index < -0.39 is 6.03 Å². The molecule has 0 aliphatic carbocycles. The molecule has 1 aromatic heterocycles. The summed E-state index contributed by atoms with van der Waals surface area (Å²) in [6.45, 7) is 6.53. The van der Waals surface area contributed by atoms with Crippen LogP contribution in [-0.4, -0.2) is 63.3 Å². The summed E-state index contributed by atoms with van der Waals surface area (Å²) in [5, 5.41) is 9.06. The van der Waals surface area contributed by atoms with E-state index in [9.17, 15) is 9.18 Å². The van der Waals surface area contributed by atoms with E-state index in [2.05, 4.69) is 38.9 Å². The Labute approximate surface area is 279 Å². The maximum Gasteiger partial charge on any atom is 0.315 e. The lowest BCUT2D eigenvalue weighted by atomic mass is 9.99. The molecule has 0 atom stereocenters. The molecule has 0 bridgehead atoms. The van der Waals surface area contributed by atoms with Gasteiger partial charge in [-0.15, -0.1) is 0 Å². The first kappa shape index (κ1) is 32.1. The highest BCUT2D eigenvalue weighted by molar-refractivity contribution is 7.99. The fourth-order valence-electron chi connectivity index (χ4n) is 5.98. The molecule has 0 radical (unpaired) electrons. The van der Waals surface area contributed by atoms with Crippen molar-refractivity contribution in [1.29, 1.82) is 0 Å². The Morgan fingerprint density at radius 2 is 1.78 bits per heavy atom. The Morgan fingerprint density at radius 1 is 0.978 bits per heavy atom. The Hall–Kier alpha value is -3.81. The smallest absolute Gasteiger partial charge is 0.315 e. The number of aryl methyl sites for hydroxylation is 1. The van der Waals surface area contributed by atoms with Gasteiger partial charge in [-0.1, -0.05) is 53.8 Å². The molecule has 1 saturated heterocycles. The topological polar surface area (TPSA) is 79.4 Å². The first-order valence-electron chi connectivity index (χ1n) is 15.7.